The Bertz CT molecular complexity index is 462. The maximum absolute atomic E-state index is 11.8. The van der Waals surface area contributed by atoms with Gasteiger partial charge in [0.2, 0.25) is 5.91 Å². The summed E-state index contributed by atoms with van der Waals surface area (Å²) in [5.41, 5.74) is 0.567. The highest BCUT2D eigenvalue weighted by Crippen LogP contribution is 2.23. The van der Waals surface area contributed by atoms with E-state index in [0.29, 0.717) is 6.54 Å². The second-order valence-corrected chi connectivity index (χ2v) is 5.81. The first-order valence-corrected chi connectivity index (χ1v) is 6.72. The van der Waals surface area contributed by atoms with Crippen LogP contribution in [0.3, 0.4) is 0 Å². The Hall–Kier alpha value is -1.84. The number of benzene rings is 1. The van der Waals surface area contributed by atoms with Crippen LogP contribution >= 0.6 is 0 Å². The summed E-state index contributed by atoms with van der Waals surface area (Å²) in [6.45, 7) is 9.15. The molecule has 0 aliphatic rings. The fraction of sp³-hybridized carbons (Fsp3) is 0.500. The van der Waals surface area contributed by atoms with E-state index in [2.05, 4.69) is 0 Å². The molecule has 1 rings (SSSR count). The highest BCUT2D eigenvalue weighted by Gasteiger charge is 2.28. The van der Waals surface area contributed by atoms with Gasteiger partial charge < -0.3 is 9.64 Å². The smallest absolute Gasteiger partial charge is 0.303 e. The largest absolute Gasteiger partial charge is 0.456 e. The van der Waals surface area contributed by atoms with Crippen molar-refractivity contribution >= 4 is 11.9 Å². The highest BCUT2D eigenvalue weighted by molar-refractivity contribution is 5.74. The first kappa shape index (κ1) is 16.2. The zero-order chi connectivity index (χ0) is 15.3. The Morgan fingerprint density at radius 3 is 2.10 bits per heavy atom. The van der Waals surface area contributed by atoms with Crippen molar-refractivity contribution in [2.24, 2.45) is 0 Å². The third kappa shape index (κ3) is 4.68. The lowest BCUT2D eigenvalue weighted by Gasteiger charge is -2.37. The molecule has 1 amide bonds. The van der Waals surface area contributed by atoms with Crippen LogP contribution in [0.25, 0.3) is 0 Å². The fourth-order valence-corrected chi connectivity index (χ4v) is 2.12. The monoisotopic (exact) mass is 277 g/mol. The van der Waals surface area contributed by atoms with Gasteiger partial charge in [0, 0.05) is 19.4 Å². The molecule has 0 saturated heterocycles. The zero-order valence-electron chi connectivity index (χ0n) is 12.8. The van der Waals surface area contributed by atoms with Crippen molar-refractivity contribution in [3.8, 4) is 0 Å². The van der Waals surface area contributed by atoms with Crippen LogP contribution in [-0.2, 0) is 14.3 Å². The number of carbonyl (C=O) groups is 2. The van der Waals surface area contributed by atoms with Crippen molar-refractivity contribution in [3.63, 3.8) is 0 Å². The average molecular weight is 277 g/mol. The van der Waals surface area contributed by atoms with Gasteiger partial charge in [0.15, 0.2) is 0 Å². The van der Waals surface area contributed by atoms with Gasteiger partial charge in [-0.25, -0.2) is 0 Å². The number of ether oxygens (including phenoxy) is 1. The summed E-state index contributed by atoms with van der Waals surface area (Å²) < 4.78 is 5.38. The van der Waals surface area contributed by atoms with Crippen LogP contribution in [0.1, 0.15) is 46.3 Å². The molecular weight excluding hydrogens is 254 g/mol. The third-order valence-corrected chi connectivity index (χ3v) is 3.02. The van der Waals surface area contributed by atoms with E-state index in [4.69, 9.17) is 4.74 Å². The minimum atomic E-state index is -0.447. The van der Waals surface area contributed by atoms with Gasteiger partial charge >= 0.3 is 5.97 Å². The van der Waals surface area contributed by atoms with Crippen LogP contribution in [0.2, 0.25) is 0 Å². The van der Waals surface area contributed by atoms with Crippen LogP contribution in [0.5, 0.6) is 0 Å². The minimum absolute atomic E-state index is 0.0365. The normalized spacial score (nSPS) is 12.7. The van der Waals surface area contributed by atoms with E-state index in [0.717, 1.165) is 5.56 Å². The molecule has 1 aromatic carbocycles. The highest BCUT2D eigenvalue weighted by atomic mass is 16.5. The molecule has 0 unspecified atom stereocenters. The summed E-state index contributed by atoms with van der Waals surface area (Å²) in [4.78, 5) is 24.8. The van der Waals surface area contributed by atoms with Crippen molar-refractivity contribution in [1.82, 2.24) is 4.90 Å². The maximum Gasteiger partial charge on any atom is 0.303 e. The molecule has 0 fully saturated rings. The third-order valence-electron chi connectivity index (χ3n) is 3.02. The molecule has 0 aromatic heterocycles. The molecule has 1 atom stereocenters. The lowest BCUT2D eigenvalue weighted by molar-refractivity contribution is -0.152. The molecule has 0 N–H and O–H groups in total. The Morgan fingerprint density at radius 2 is 1.70 bits per heavy atom. The zero-order valence-corrected chi connectivity index (χ0v) is 12.8. The predicted molar refractivity (Wildman–Crippen MR) is 78.1 cm³/mol. The summed E-state index contributed by atoms with van der Waals surface area (Å²) in [7, 11) is 0. The second kappa shape index (κ2) is 6.55. The Kier molecular flexibility index (Phi) is 5.31. The van der Waals surface area contributed by atoms with Crippen LogP contribution < -0.4 is 0 Å². The van der Waals surface area contributed by atoms with Gasteiger partial charge in [-0.05, 0) is 26.3 Å². The summed E-state index contributed by atoms with van der Waals surface area (Å²) >= 11 is 0. The number of amides is 1. The first-order chi connectivity index (χ1) is 9.21. The van der Waals surface area contributed by atoms with Gasteiger partial charge in [-0.1, -0.05) is 30.3 Å². The lowest BCUT2D eigenvalue weighted by Crippen LogP contribution is -2.47. The van der Waals surface area contributed by atoms with Crippen molar-refractivity contribution in [1.29, 1.82) is 0 Å². The van der Waals surface area contributed by atoms with Crippen molar-refractivity contribution < 1.29 is 14.3 Å². The molecule has 0 bridgehead atoms. The van der Waals surface area contributed by atoms with E-state index in [1.54, 1.807) is 4.90 Å². The van der Waals surface area contributed by atoms with E-state index in [9.17, 15) is 9.59 Å². The molecule has 0 heterocycles. The number of hydrogen-bond donors (Lipinski definition) is 0. The van der Waals surface area contributed by atoms with Crippen LogP contribution in [0.15, 0.2) is 30.3 Å². The standard InChI is InChI=1S/C16H23NO3/c1-12(18)17(16(3,4)5)11-15(20-13(2)19)14-9-7-6-8-10-14/h6-10,15H,11H2,1-5H3/t15-/m1/s1. The molecular formula is C16H23NO3. The van der Waals surface area contributed by atoms with Gasteiger partial charge in [-0.2, -0.15) is 0 Å². The SMILES string of the molecule is CC(=O)O[C@H](CN(C(C)=O)C(C)(C)C)c1ccccc1. The van der Waals surface area contributed by atoms with Crippen LogP contribution in [-0.4, -0.2) is 28.9 Å². The fourth-order valence-electron chi connectivity index (χ4n) is 2.12. The average Bonchev–Trinajstić information content (AvgIpc) is 2.33. The number of rotatable bonds is 4. The predicted octanol–water partition coefficient (Wildman–Crippen LogP) is 2.94. The van der Waals surface area contributed by atoms with E-state index in [1.807, 2.05) is 51.1 Å². The number of nitrogens with zero attached hydrogens (tertiary/aromatic N) is 1. The first-order valence-electron chi connectivity index (χ1n) is 6.72. The van der Waals surface area contributed by atoms with Gasteiger partial charge in [-0.3, -0.25) is 9.59 Å². The summed E-state index contributed by atoms with van der Waals surface area (Å²) in [5, 5.41) is 0. The van der Waals surface area contributed by atoms with Crippen molar-refractivity contribution in [2.45, 2.75) is 46.3 Å². The Labute approximate surface area is 120 Å². The van der Waals surface area contributed by atoms with E-state index in [1.165, 1.54) is 13.8 Å². The van der Waals surface area contributed by atoms with Crippen molar-refractivity contribution in [3.05, 3.63) is 35.9 Å². The molecule has 0 aliphatic heterocycles. The topological polar surface area (TPSA) is 46.6 Å². The summed E-state index contributed by atoms with van der Waals surface area (Å²) in [5.74, 6) is -0.387. The van der Waals surface area contributed by atoms with E-state index >= 15 is 0 Å². The lowest BCUT2D eigenvalue weighted by atomic mass is 10.0. The van der Waals surface area contributed by atoms with E-state index in [-0.39, 0.29) is 17.4 Å². The van der Waals surface area contributed by atoms with Gasteiger partial charge in [0.25, 0.3) is 0 Å². The quantitative estimate of drug-likeness (QED) is 0.795. The second-order valence-electron chi connectivity index (χ2n) is 5.81. The molecule has 0 spiro atoms. The van der Waals surface area contributed by atoms with Crippen LogP contribution in [0.4, 0.5) is 0 Å². The molecule has 20 heavy (non-hydrogen) atoms. The van der Waals surface area contributed by atoms with Gasteiger partial charge in [0.1, 0.15) is 6.10 Å². The van der Waals surface area contributed by atoms with Gasteiger partial charge in [-0.15, -0.1) is 0 Å². The number of carbonyl (C=O) groups excluding carboxylic acids is 2. The minimum Gasteiger partial charge on any atom is -0.456 e. The molecule has 0 saturated carbocycles. The Balaban J connectivity index is 3.00. The number of hydrogen-bond acceptors (Lipinski definition) is 3. The molecule has 0 radical (unpaired) electrons. The molecule has 4 heteroatoms. The maximum atomic E-state index is 11.8. The summed E-state index contributed by atoms with van der Waals surface area (Å²) in [6.07, 6.45) is -0.447. The molecule has 0 aliphatic carbocycles. The number of esters is 1. The molecule has 4 nitrogen and oxygen atoms in total. The summed E-state index contributed by atoms with van der Waals surface area (Å²) in [6, 6.07) is 9.48. The Morgan fingerprint density at radius 1 is 1.15 bits per heavy atom. The van der Waals surface area contributed by atoms with E-state index < -0.39 is 6.10 Å². The van der Waals surface area contributed by atoms with Gasteiger partial charge in [0.05, 0.1) is 6.54 Å². The van der Waals surface area contributed by atoms with Crippen LogP contribution in [0, 0.1) is 0 Å². The molecule has 1 aromatic rings. The van der Waals surface area contributed by atoms with Crippen molar-refractivity contribution in [2.75, 3.05) is 6.54 Å². The molecule has 110 valence electrons.